The highest BCUT2D eigenvalue weighted by Gasteiger charge is 1.46. The Kier molecular flexibility index (Phi) is 187. The highest BCUT2D eigenvalue weighted by atomic mass is 35.5. The molecule has 0 heterocycles. The maximum absolute atomic E-state index is 3.51. The summed E-state index contributed by atoms with van der Waals surface area (Å²) in [5.74, 6) is 0. The summed E-state index contributed by atoms with van der Waals surface area (Å²) in [4.78, 5) is 0. The number of rotatable bonds is 1. The smallest absolute Gasteiger partial charge is 0.00753 e. The predicted molar refractivity (Wildman–Crippen MR) is 53.9 cm³/mol. The van der Waals surface area contributed by atoms with Gasteiger partial charge < -0.3 is 0 Å². The lowest BCUT2D eigenvalue weighted by atomic mass is 10.8. The van der Waals surface area contributed by atoms with Crippen LogP contribution in [0.1, 0.15) is 0 Å². The van der Waals surface area contributed by atoms with Crippen LogP contribution in [0.4, 0.5) is 0 Å². The second-order valence-corrected chi connectivity index (χ2v) is 1.51. The molecule has 0 saturated heterocycles. The first kappa shape index (κ1) is 35.4. The molecular weight excluding hydrogens is 206 g/mol. The van der Waals surface area contributed by atoms with Crippen molar-refractivity contribution in [2.45, 2.75) is 6.04 Å². The minimum Gasteiger partial charge on any atom is -0.147 e. The maximum Gasteiger partial charge on any atom is 0.00753 e. The average Bonchev–Trinajstić information content (AvgIpc) is 1.37. The molecule has 0 aromatic heterocycles. The Labute approximate surface area is 78.6 Å². The summed E-state index contributed by atoms with van der Waals surface area (Å²) in [6, 6.07) is 1.22. The monoisotopic (exact) mass is 216 g/mol. The molecule has 0 amide bonds. The van der Waals surface area contributed by atoms with E-state index in [-0.39, 0.29) is 49.6 Å². The second-order valence-electron chi connectivity index (χ2n) is 0.697. The van der Waals surface area contributed by atoms with Gasteiger partial charge in [0.1, 0.15) is 0 Å². The van der Waals surface area contributed by atoms with Gasteiger partial charge in [0.2, 0.25) is 0 Å². The first-order chi connectivity index (χ1) is 1.91. The molecule has 0 spiro atoms. The highest BCUT2D eigenvalue weighted by molar-refractivity contribution is 6.09. The van der Waals surface area contributed by atoms with Crippen molar-refractivity contribution in [1.29, 1.82) is 0 Å². The predicted octanol–water partition coefficient (Wildman–Crippen LogP) is 1.64. The van der Waals surface area contributed by atoms with Gasteiger partial charge in [0.15, 0.2) is 0 Å². The van der Waals surface area contributed by atoms with E-state index in [1.165, 1.54) is 16.3 Å². The summed E-state index contributed by atoms with van der Waals surface area (Å²) in [5.41, 5.74) is 0. The van der Waals surface area contributed by atoms with Crippen molar-refractivity contribution < 1.29 is 0 Å². The van der Waals surface area contributed by atoms with Gasteiger partial charge in [-0.15, -0.1) is 56.2 Å². The molecule has 56 valence electrons. The van der Waals surface area contributed by atoms with Gasteiger partial charge in [0.05, 0.1) is 0 Å². The Hall–Kier alpha value is 1.12. The molecule has 0 unspecified atom stereocenters. The number of allylic oxidation sites excluding steroid dienone is 1. The van der Waals surface area contributed by atoms with Gasteiger partial charge >= 0.3 is 0 Å². The number of hydrogen-bond acceptors (Lipinski definition) is 0. The van der Waals surface area contributed by atoms with Gasteiger partial charge in [-0.25, -0.2) is 0 Å². The second kappa shape index (κ2) is 42.3. The van der Waals surface area contributed by atoms with E-state index in [0.29, 0.717) is 0 Å². The van der Waals surface area contributed by atoms with Gasteiger partial charge in [-0.05, 0) is 6.04 Å². The first-order valence-corrected chi connectivity index (χ1v) is 2.94. The zero-order valence-electron chi connectivity index (χ0n) is 4.62. The van der Waals surface area contributed by atoms with Crippen molar-refractivity contribution in [2.75, 3.05) is 0 Å². The van der Waals surface area contributed by atoms with Crippen molar-refractivity contribution in [3.05, 3.63) is 12.7 Å². The Morgan fingerprint density at radius 2 is 1.25 bits per heavy atom. The molecule has 0 saturated carbocycles. The zero-order chi connectivity index (χ0) is 3.41. The quantitative estimate of drug-likeness (QED) is 0.463. The molecular formula is C3H12Cl4Si. The fraction of sp³-hybridized carbons (Fsp3) is 0.333. The SMILES string of the molecule is C=CC[SiH3].Cl.Cl.Cl.Cl. The highest BCUT2D eigenvalue weighted by Crippen LogP contribution is 1.61. The summed E-state index contributed by atoms with van der Waals surface area (Å²) in [7, 11) is 1.27. The lowest BCUT2D eigenvalue weighted by Gasteiger charge is -1.57. The Balaban J connectivity index is -0.00000000750. The van der Waals surface area contributed by atoms with E-state index in [9.17, 15) is 0 Å². The van der Waals surface area contributed by atoms with Gasteiger partial charge in [0.25, 0.3) is 0 Å². The Morgan fingerprint density at radius 3 is 1.25 bits per heavy atom. The molecule has 0 bridgehead atoms. The summed E-state index contributed by atoms with van der Waals surface area (Å²) in [5, 5.41) is 0. The standard InChI is InChI=1S/C3H8Si.4ClH/c1-2-3-4;;;;/h2H,1,3H2,4H3;4*1H. The Morgan fingerprint density at radius 1 is 1.12 bits per heavy atom. The number of hydrogen-bond donors (Lipinski definition) is 0. The van der Waals surface area contributed by atoms with E-state index < -0.39 is 0 Å². The van der Waals surface area contributed by atoms with E-state index in [1.807, 2.05) is 6.08 Å². The zero-order valence-corrected chi connectivity index (χ0v) is 9.89. The molecule has 0 rings (SSSR count). The molecule has 8 heavy (non-hydrogen) atoms. The third kappa shape index (κ3) is 59.4. The molecule has 0 aliphatic heterocycles. The topological polar surface area (TPSA) is 0 Å². The summed E-state index contributed by atoms with van der Waals surface area (Å²) in [6.07, 6.45) is 1.94. The minimum absolute atomic E-state index is 0. The summed E-state index contributed by atoms with van der Waals surface area (Å²) in [6.45, 7) is 3.51. The molecule has 0 N–H and O–H groups in total. The summed E-state index contributed by atoms with van der Waals surface area (Å²) >= 11 is 0. The van der Waals surface area contributed by atoms with E-state index in [0.717, 1.165) is 0 Å². The summed E-state index contributed by atoms with van der Waals surface area (Å²) < 4.78 is 0. The average molecular weight is 218 g/mol. The van der Waals surface area contributed by atoms with Gasteiger partial charge in [-0.2, -0.15) is 0 Å². The molecule has 5 heteroatoms. The van der Waals surface area contributed by atoms with Crippen LogP contribution in [0.15, 0.2) is 12.7 Å². The van der Waals surface area contributed by atoms with E-state index in [2.05, 4.69) is 6.58 Å². The van der Waals surface area contributed by atoms with E-state index in [4.69, 9.17) is 0 Å². The first-order valence-electron chi connectivity index (χ1n) is 1.52. The van der Waals surface area contributed by atoms with E-state index >= 15 is 0 Å². The van der Waals surface area contributed by atoms with Crippen LogP contribution in [0.25, 0.3) is 0 Å². The molecule has 0 fully saturated rings. The van der Waals surface area contributed by atoms with Crippen LogP contribution in [0, 0.1) is 0 Å². The van der Waals surface area contributed by atoms with Crippen LogP contribution in [-0.4, -0.2) is 10.2 Å². The van der Waals surface area contributed by atoms with Crippen molar-refractivity contribution in [2.24, 2.45) is 0 Å². The molecule has 0 aliphatic rings. The number of halogens is 4. The molecule has 0 aromatic carbocycles. The maximum atomic E-state index is 3.51. The van der Waals surface area contributed by atoms with Gasteiger partial charge in [-0.1, -0.05) is 6.08 Å². The molecule has 0 nitrogen and oxygen atoms in total. The third-order valence-electron chi connectivity index (χ3n) is 0.289. The van der Waals surface area contributed by atoms with Crippen LogP contribution in [-0.2, 0) is 0 Å². The largest absolute Gasteiger partial charge is 0.147 e. The Bertz CT molecular complexity index is 25.2. The van der Waals surface area contributed by atoms with Crippen LogP contribution in [0.3, 0.4) is 0 Å². The normalized spacial score (nSPS) is 3.50. The van der Waals surface area contributed by atoms with E-state index in [1.54, 1.807) is 0 Å². The minimum atomic E-state index is 0. The van der Waals surface area contributed by atoms with Crippen LogP contribution in [0.2, 0.25) is 6.04 Å². The van der Waals surface area contributed by atoms with Crippen molar-refractivity contribution >= 4 is 59.9 Å². The molecule has 0 radical (unpaired) electrons. The van der Waals surface area contributed by atoms with Crippen LogP contribution >= 0.6 is 49.6 Å². The fourth-order valence-corrected chi connectivity index (χ4v) is 0. The molecule has 0 aromatic rings. The van der Waals surface area contributed by atoms with Gasteiger partial charge in [-0.3, -0.25) is 0 Å². The third-order valence-corrected chi connectivity index (χ3v) is 0.866. The van der Waals surface area contributed by atoms with Crippen molar-refractivity contribution in [3.8, 4) is 0 Å². The lowest BCUT2D eigenvalue weighted by molar-refractivity contribution is 1.76. The van der Waals surface area contributed by atoms with Crippen molar-refractivity contribution in [3.63, 3.8) is 0 Å². The molecule has 0 aliphatic carbocycles. The van der Waals surface area contributed by atoms with Crippen molar-refractivity contribution in [1.82, 2.24) is 0 Å². The lowest BCUT2D eigenvalue weighted by Crippen LogP contribution is -1.47. The van der Waals surface area contributed by atoms with Gasteiger partial charge in [0, 0.05) is 10.2 Å². The van der Waals surface area contributed by atoms with Crippen LogP contribution < -0.4 is 0 Å². The fourth-order valence-electron chi connectivity index (χ4n) is 0. The van der Waals surface area contributed by atoms with Crippen LogP contribution in [0.5, 0.6) is 0 Å². The molecule has 0 atom stereocenters.